The Morgan fingerprint density at radius 1 is 0.868 bits per heavy atom. The fourth-order valence-electron chi connectivity index (χ4n) is 5.73. The molecule has 0 N–H and O–H groups in total. The van der Waals surface area contributed by atoms with E-state index in [-0.39, 0.29) is 23.3 Å². The standard InChI is InChI=1S/C30H34ClN3O3S/c1-22-11-12-23(2)29(19-22)32-15-17-33(18-16-32)30(35)28-21-34(14-13-27(28)24-7-4-3-5-8-24)38(36,37)26-10-6-9-25(31)20-26/h3-12,19-20,27-28H,13-18,21H2,1-2H3. The molecule has 2 saturated heterocycles. The third-order valence-corrected chi connectivity index (χ3v) is 9.95. The number of rotatable bonds is 5. The summed E-state index contributed by atoms with van der Waals surface area (Å²) in [7, 11) is -3.77. The van der Waals surface area contributed by atoms with Crippen LogP contribution in [-0.4, -0.2) is 62.8 Å². The van der Waals surface area contributed by atoms with E-state index < -0.39 is 15.9 Å². The van der Waals surface area contributed by atoms with Gasteiger partial charge in [0, 0.05) is 50.0 Å². The van der Waals surface area contributed by atoms with E-state index in [1.54, 1.807) is 18.2 Å². The Kier molecular flexibility index (Phi) is 7.80. The molecule has 3 aromatic carbocycles. The number of amides is 1. The number of anilines is 1. The van der Waals surface area contributed by atoms with Crippen LogP contribution >= 0.6 is 11.6 Å². The fourth-order valence-corrected chi connectivity index (χ4v) is 7.51. The normalized spacial score (nSPS) is 20.9. The zero-order valence-electron chi connectivity index (χ0n) is 21.9. The van der Waals surface area contributed by atoms with E-state index in [0.717, 1.165) is 18.7 Å². The lowest BCUT2D eigenvalue weighted by molar-refractivity contribution is -0.137. The van der Waals surface area contributed by atoms with Crippen LogP contribution in [0.25, 0.3) is 0 Å². The summed E-state index contributed by atoms with van der Waals surface area (Å²) in [5, 5.41) is 0.375. The van der Waals surface area contributed by atoms with Gasteiger partial charge in [0.15, 0.2) is 0 Å². The van der Waals surface area contributed by atoms with Crippen molar-refractivity contribution in [3.8, 4) is 0 Å². The van der Waals surface area contributed by atoms with Crippen LogP contribution in [0.3, 0.4) is 0 Å². The van der Waals surface area contributed by atoms with Gasteiger partial charge in [-0.05, 0) is 67.1 Å². The van der Waals surface area contributed by atoms with E-state index in [2.05, 4.69) is 36.9 Å². The number of sulfonamides is 1. The SMILES string of the molecule is Cc1ccc(C)c(N2CCN(C(=O)C3CN(S(=O)(=O)c4cccc(Cl)c4)CCC3c3ccccc3)CC2)c1. The summed E-state index contributed by atoms with van der Waals surface area (Å²) in [6.45, 7) is 7.47. The van der Waals surface area contributed by atoms with Crippen LogP contribution < -0.4 is 4.90 Å². The number of hydrogen-bond acceptors (Lipinski definition) is 4. The summed E-state index contributed by atoms with van der Waals surface area (Å²) in [6.07, 6.45) is 0.586. The predicted octanol–water partition coefficient (Wildman–Crippen LogP) is 5.10. The Bertz CT molecular complexity index is 1410. The van der Waals surface area contributed by atoms with Gasteiger partial charge in [0.2, 0.25) is 15.9 Å². The maximum atomic E-state index is 14.0. The second-order valence-electron chi connectivity index (χ2n) is 10.3. The van der Waals surface area contributed by atoms with Gasteiger partial charge in [0.25, 0.3) is 0 Å². The average molecular weight is 552 g/mol. The molecule has 0 aromatic heterocycles. The number of carbonyl (C=O) groups excluding carboxylic acids is 1. The minimum absolute atomic E-state index is 0.0328. The molecule has 0 spiro atoms. The molecular weight excluding hydrogens is 518 g/mol. The first kappa shape index (κ1) is 26.7. The Morgan fingerprint density at radius 2 is 1.61 bits per heavy atom. The van der Waals surface area contributed by atoms with Crippen molar-refractivity contribution >= 4 is 33.2 Å². The maximum absolute atomic E-state index is 14.0. The third-order valence-electron chi connectivity index (χ3n) is 7.85. The molecule has 2 aliphatic heterocycles. The molecule has 38 heavy (non-hydrogen) atoms. The zero-order chi connectivity index (χ0) is 26.9. The number of carbonyl (C=O) groups is 1. The van der Waals surface area contributed by atoms with Gasteiger partial charge >= 0.3 is 0 Å². The van der Waals surface area contributed by atoms with Gasteiger partial charge in [-0.25, -0.2) is 8.42 Å². The third kappa shape index (κ3) is 5.46. The van der Waals surface area contributed by atoms with Gasteiger partial charge in [-0.1, -0.05) is 60.1 Å². The molecule has 0 radical (unpaired) electrons. The Labute approximate surface area is 230 Å². The molecule has 0 aliphatic carbocycles. The Hall–Kier alpha value is -2.87. The van der Waals surface area contributed by atoms with Crippen molar-refractivity contribution in [2.24, 2.45) is 5.92 Å². The molecule has 1 amide bonds. The lowest BCUT2D eigenvalue weighted by Crippen LogP contribution is -2.54. The molecule has 5 rings (SSSR count). The number of nitrogens with zero attached hydrogens (tertiary/aromatic N) is 3. The number of aryl methyl sites for hydroxylation is 2. The van der Waals surface area contributed by atoms with Crippen LogP contribution in [-0.2, 0) is 14.8 Å². The highest BCUT2D eigenvalue weighted by atomic mass is 35.5. The molecule has 2 heterocycles. The molecule has 3 aromatic rings. The molecule has 6 nitrogen and oxygen atoms in total. The Morgan fingerprint density at radius 3 is 2.32 bits per heavy atom. The van der Waals surface area contributed by atoms with Crippen LogP contribution in [0, 0.1) is 19.8 Å². The van der Waals surface area contributed by atoms with Gasteiger partial charge in [-0.3, -0.25) is 4.79 Å². The minimum atomic E-state index is -3.77. The van der Waals surface area contributed by atoms with Gasteiger partial charge in [-0.15, -0.1) is 0 Å². The van der Waals surface area contributed by atoms with Crippen LogP contribution in [0.2, 0.25) is 5.02 Å². The second-order valence-corrected chi connectivity index (χ2v) is 12.7. The number of piperazine rings is 1. The monoisotopic (exact) mass is 551 g/mol. The molecule has 2 aliphatic rings. The second kappa shape index (κ2) is 11.1. The molecule has 2 fully saturated rings. The average Bonchev–Trinajstić information content (AvgIpc) is 2.94. The molecule has 2 atom stereocenters. The summed E-state index contributed by atoms with van der Waals surface area (Å²) in [5.74, 6) is -0.454. The van der Waals surface area contributed by atoms with E-state index in [0.29, 0.717) is 31.1 Å². The first-order valence-electron chi connectivity index (χ1n) is 13.2. The van der Waals surface area contributed by atoms with Gasteiger partial charge in [-0.2, -0.15) is 4.31 Å². The van der Waals surface area contributed by atoms with Gasteiger partial charge in [0.1, 0.15) is 0 Å². The van der Waals surface area contributed by atoms with E-state index in [1.807, 2.05) is 35.2 Å². The number of halogens is 1. The molecule has 8 heteroatoms. The quantitative estimate of drug-likeness (QED) is 0.442. The first-order chi connectivity index (χ1) is 18.2. The summed E-state index contributed by atoms with van der Waals surface area (Å²) in [6, 6.07) is 22.8. The Balaban J connectivity index is 1.37. The van der Waals surface area contributed by atoms with Crippen molar-refractivity contribution in [3.63, 3.8) is 0 Å². The molecule has 2 unspecified atom stereocenters. The molecule has 200 valence electrons. The van der Waals surface area contributed by atoms with Crippen LogP contribution in [0.4, 0.5) is 5.69 Å². The summed E-state index contributed by atoms with van der Waals surface area (Å²) in [5.41, 5.74) is 4.75. The van der Waals surface area contributed by atoms with Gasteiger partial charge < -0.3 is 9.80 Å². The largest absolute Gasteiger partial charge is 0.368 e. The van der Waals surface area contributed by atoms with Crippen molar-refractivity contribution in [1.29, 1.82) is 0 Å². The topological polar surface area (TPSA) is 60.9 Å². The van der Waals surface area contributed by atoms with Crippen LogP contribution in [0.5, 0.6) is 0 Å². The highest BCUT2D eigenvalue weighted by Gasteiger charge is 2.41. The predicted molar refractivity (Wildman–Crippen MR) is 152 cm³/mol. The minimum Gasteiger partial charge on any atom is -0.368 e. The van der Waals surface area contributed by atoms with Crippen molar-refractivity contribution in [1.82, 2.24) is 9.21 Å². The van der Waals surface area contributed by atoms with Crippen molar-refractivity contribution in [3.05, 3.63) is 94.5 Å². The first-order valence-corrected chi connectivity index (χ1v) is 15.0. The lowest BCUT2D eigenvalue weighted by Gasteiger charge is -2.42. The summed E-state index contributed by atoms with van der Waals surface area (Å²) < 4.78 is 28.5. The number of hydrogen-bond donors (Lipinski definition) is 0. The van der Waals surface area contributed by atoms with Crippen LogP contribution in [0.1, 0.15) is 29.0 Å². The fraction of sp³-hybridized carbons (Fsp3) is 0.367. The highest BCUT2D eigenvalue weighted by molar-refractivity contribution is 7.89. The maximum Gasteiger partial charge on any atom is 0.243 e. The number of benzene rings is 3. The molecule has 0 bridgehead atoms. The highest BCUT2D eigenvalue weighted by Crippen LogP contribution is 2.37. The zero-order valence-corrected chi connectivity index (χ0v) is 23.5. The van der Waals surface area contributed by atoms with Crippen LogP contribution in [0.15, 0.2) is 77.7 Å². The summed E-state index contributed by atoms with van der Waals surface area (Å²) in [4.78, 5) is 18.5. The number of piperidine rings is 1. The smallest absolute Gasteiger partial charge is 0.243 e. The summed E-state index contributed by atoms with van der Waals surface area (Å²) >= 11 is 6.10. The van der Waals surface area contributed by atoms with E-state index in [4.69, 9.17) is 11.6 Å². The molecule has 0 saturated carbocycles. The van der Waals surface area contributed by atoms with E-state index in [1.165, 1.54) is 27.2 Å². The van der Waals surface area contributed by atoms with Gasteiger partial charge in [0.05, 0.1) is 10.8 Å². The van der Waals surface area contributed by atoms with Crippen molar-refractivity contribution < 1.29 is 13.2 Å². The molecular formula is C30H34ClN3O3S. The van der Waals surface area contributed by atoms with Crippen molar-refractivity contribution in [2.75, 3.05) is 44.2 Å². The van der Waals surface area contributed by atoms with E-state index in [9.17, 15) is 13.2 Å². The lowest BCUT2D eigenvalue weighted by atomic mass is 9.80. The van der Waals surface area contributed by atoms with E-state index >= 15 is 0 Å². The van der Waals surface area contributed by atoms with Crippen molar-refractivity contribution in [2.45, 2.75) is 31.1 Å².